The van der Waals surface area contributed by atoms with Crippen LogP contribution in [0, 0.1) is 0 Å². The molecule has 0 aliphatic carbocycles. The number of rotatable bonds is 8. The van der Waals surface area contributed by atoms with Crippen LogP contribution in [0.15, 0.2) is 109 Å². The first kappa shape index (κ1) is 21.0. The maximum atomic E-state index is 12.7. The Bertz CT molecular complexity index is 1060. The first-order valence-corrected chi connectivity index (χ1v) is 10.4. The average molecular weight is 425 g/mol. The average Bonchev–Trinajstić information content (AvgIpc) is 2.84. The SMILES string of the molecule is O=C(Nc1ccccc1OCc1ccccc1)Nc1ccccc1OCc1ccccc1. The third kappa shape index (κ3) is 5.89. The Morgan fingerprint density at radius 2 is 0.906 bits per heavy atom. The quantitative estimate of drug-likeness (QED) is 0.340. The monoisotopic (exact) mass is 424 g/mol. The fourth-order valence-corrected chi connectivity index (χ4v) is 3.14. The lowest BCUT2D eigenvalue weighted by Gasteiger charge is -2.15. The molecule has 0 saturated carbocycles. The van der Waals surface area contributed by atoms with Crippen molar-refractivity contribution in [1.29, 1.82) is 0 Å². The van der Waals surface area contributed by atoms with E-state index in [9.17, 15) is 4.79 Å². The van der Waals surface area contributed by atoms with Crippen LogP contribution in [0.1, 0.15) is 11.1 Å². The molecule has 0 aromatic heterocycles. The summed E-state index contributed by atoms with van der Waals surface area (Å²) in [5.74, 6) is 1.19. The maximum absolute atomic E-state index is 12.7. The second kappa shape index (κ2) is 10.7. The first-order chi connectivity index (χ1) is 15.8. The van der Waals surface area contributed by atoms with Crippen LogP contribution in [0.3, 0.4) is 0 Å². The molecule has 0 radical (unpaired) electrons. The fourth-order valence-electron chi connectivity index (χ4n) is 3.14. The predicted molar refractivity (Wildman–Crippen MR) is 127 cm³/mol. The Balaban J connectivity index is 1.39. The van der Waals surface area contributed by atoms with Crippen molar-refractivity contribution >= 4 is 17.4 Å². The minimum absolute atomic E-state index is 0.378. The summed E-state index contributed by atoms with van der Waals surface area (Å²) in [6.07, 6.45) is 0. The normalized spacial score (nSPS) is 10.2. The first-order valence-electron chi connectivity index (χ1n) is 10.4. The van der Waals surface area contributed by atoms with Crippen molar-refractivity contribution in [1.82, 2.24) is 0 Å². The minimum atomic E-state index is -0.378. The summed E-state index contributed by atoms with van der Waals surface area (Å²) in [5.41, 5.74) is 3.28. The van der Waals surface area contributed by atoms with E-state index in [1.54, 1.807) is 12.1 Å². The van der Waals surface area contributed by atoms with Crippen LogP contribution in [-0.2, 0) is 13.2 Å². The maximum Gasteiger partial charge on any atom is 0.323 e. The number of ether oxygens (including phenoxy) is 2. The second-order valence-corrected chi connectivity index (χ2v) is 7.12. The molecule has 32 heavy (non-hydrogen) atoms. The molecule has 0 unspecified atom stereocenters. The third-order valence-corrected chi connectivity index (χ3v) is 4.74. The van der Waals surface area contributed by atoms with Gasteiger partial charge in [0.05, 0.1) is 11.4 Å². The van der Waals surface area contributed by atoms with E-state index in [0.29, 0.717) is 36.1 Å². The Morgan fingerprint density at radius 3 is 1.34 bits per heavy atom. The van der Waals surface area contributed by atoms with E-state index in [4.69, 9.17) is 9.47 Å². The second-order valence-electron chi connectivity index (χ2n) is 7.12. The third-order valence-electron chi connectivity index (χ3n) is 4.74. The van der Waals surface area contributed by atoms with Crippen LogP contribution in [0.2, 0.25) is 0 Å². The molecule has 5 nitrogen and oxygen atoms in total. The summed E-state index contributed by atoms with van der Waals surface area (Å²) in [5, 5.41) is 5.73. The number of amides is 2. The molecule has 4 aromatic carbocycles. The zero-order valence-electron chi connectivity index (χ0n) is 17.5. The number of hydrogen-bond donors (Lipinski definition) is 2. The van der Waals surface area contributed by atoms with Gasteiger partial charge in [-0.05, 0) is 35.4 Å². The number of para-hydroxylation sites is 4. The molecule has 4 rings (SSSR count). The van der Waals surface area contributed by atoms with Crippen molar-refractivity contribution in [3.63, 3.8) is 0 Å². The van der Waals surface area contributed by atoms with Gasteiger partial charge in [0, 0.05) is 0 Å². The zero-order valence-corrected chi connectivity index (χ0v) is 17.5. The highest BCUT2D eigenvalue weighted by molar-refractivity contribution is 6.01. The van der Waals surface area contributed by atoms with Crippen LogP contribution < -0.4 is 20.1 Å². The molecule has 2 amide bonds. The molecule has 0 aliphatic heterocycles. The van der Waals surface area contributed by atoms with E-state index in [0.717, 1.165) is 11.1 Å². The van der Waals surface area contributed by atoms with Gasteiger partial charge in [-0.1, -0.05) is 84.9 Å². The van der Waals surface area contributed by atoms with E-state index in [1.807, 2.05) is 97.1 Å². The van der Waals surface area contributed by atoms with Gasteiger partial charge in [-0.25, -0.2) is 4.79 Å². The highest BCUT2D eigenvalue weighted by Crippen LogP contribution is 2.27. The molecule has 4 aromatic rings. The van der Waals surface area contributed by atoms with Gasteiger partial charge >= 0.3 is 6.03 Å². The zero-order chi connectivity index (χ0) is 22.0. The molecule has 0 spiro atoms. The number of anilines is 2. The summed E-state index contributed by atoms with van der Waals surface area (Å²) in [6, 6.07) is 34.1. The standard InChI is InChI=1S/C27H24N2O3/c30-27(28-23-15-7-9-17-25(23)31-19-21-11-3-1-4-12-21)29-24-16-8-10-18-26(24)32-20-22-13-5-2-6-14-22/h1-18H,19-20H2,(H2,28,29,30). The molecule has 0 fully saturated rings. The van der Waals surface area contributed by atoms with Crippen molar-refractivity contribution in [2.45, 2.75) is 13.2 Å². The number of urea groups is 1. The molecule has 5 heteroatoms. The molecule has 2 N–H and O–H groups in total. The molecule has 0 aliphatic rings. The van der Waals surface area contributed by atoms with Crippen molar-refractivity contribution in [2.24, 2.45) is 0 Å². The van der Waals surface area contributed by atoms with E-state index in [2.05, 4.69) is 10.6 Å². The van der Waals surface area contributed by atoms with Gasteiger partial charge in [0.25, 0.3) is 0 Å². The summed E-state index contributed by atoms with van der Waals surface area (Å²) < 4.78 is 11.8. The smallest absolute Gasteiger partial charge is 0.323 e. The summed E-state index contributed by atoms with van der Waals surface area (Å²) >= 11 is 0. The van der Waals surface area contributed by atoms with E-state index in [1.165, 1.54) is 0 Å². The number of benzene rings is 4. The van der Waals surface area contributed by atoms with Gasteiger partial charge < -0.3 is 20.1 Å². The molecule has 0 heterocycles. The lowest BCUT2D eigenvalue weighted by atomic mass is 10.2. The lowest BCUT2D eigenvalue weighted by Crippen LogP contribution is -2.20. The van der Waals surface area contributed by atoms with Crippen LogP contribution >= 0.6 is 0 Å². The minimum Gasteiger partial charge on any atom is -0.487 e. The lowest BCUT2D eigenvalue weighted by molar-refractivity contribution is 0.261. The van der Waals surface area contributed by atoms with E-state index >= 15 is 0 Å². The highest BCUT2D eigenvalue weighted by Gasteiger charge is 2.11. The fraction of sp³-hybridized carbons (Fsp3) is 0.0741. The molecule has 0 atom stereocenters. The summed E-state index contributed by atoms with van der Waals surface area (Å²) in [7, 11) is 0. The number of carbonyl (C=O) groups excluding carboxylic acids is 1. The Labute approximate surface area is 187 Å². The van der Waals surface area contributed by atoms with Crippen molar-refractivity contribution in [3.05, 3.63) is 120 Å². The van der Waals surface area contributed by atoms with Crippen molar-refractivity contribution in [3.8, 4) is 11.5 Å². The van der Waals surface area contributed by atoms with Gasteiger partial charge in [-0.2, -0.15) is 0 Å². The summed E-state index contributed by atoms with van der Waals surface area (Å²) in [4.78, 5) is 12.7. The number of hydrogen-bond acceptors (Lipinski definition) is 3. The van der Waals surface area contributed by atoms with Crippen LogP contribution in [0.4, 0.5) is 16.2 Å². The predicted octanol–water partition coefficient (Wildman–Crippen LogP) is 6.49. The van der Waals surface area contributed by atoms with Crippen LogP contribution in [0.5, 0.6) is 11.5 Å². The van der Waals surface area contributed by atoms with Gasteiger partial charge in [-0.15, -0.1) is 0 Å². The molecule has 0 saturated heterocycles. The summed E-state index contributed by atoms with van der Waals surface area (Å²) in [6.45, 7) is 0.828. The number of nitrogens with one attached hydrogen (secondary N) is 2. The Hall–Kier alpha value is -4.25. The van der Waals surface area contributed by atoms with E-state index in [-0.39, 0.29) is 6.03 Å². The van der Waals surface area contributed by atoms with Crippen LogP contribution in [-0.4, -0.2) is 6.03 Å². The van der Waals surface area contributed by atoms with Gasteiger partial charge in [-0.3, -0.25) is 0 Å². The highest BCUT2D eigenvalue weighted by atomic mass is 16.5. The van der Waals surface area contributed by atoms with Crippen molar-refractivity contribution < 1.29 is 14.3 Å². The van der Waals surface area contributed by atoms with Crippen molar-refractivity contribution in [2.75, 3.05) is 10.6 Å². The van der Waals surface area contributed by atoms with Gasteiger partial charge in [0.15, 0.2) is 0 Å². The molecule has 160 valence electrons. The molecular weight excluding hydrogens is 400 g/mol. The number of carbonyl (C=O) groups is 1. The molecular formula is C27H24N2O3. The largest absolute Gasteiger partial charge is 0.487 e. The van der Waals surface area contributed by atoms with Gasteiger partial charge in [0.2, 0.25) is 0 Å². The molecule has 0 bridgehead atoms. The Kier molecular flexibility index (Phi) is 7.01. The Morgan fingerprint density at radius 1 is 0.531 bits per heavy atom. The van der Waals surface area contributed by atoms with E-state index < -0.39 is 0 Å². The topological polar surface area (TPSA) is 59.6 Å². The van der Waals surface area contributed by atoms with Crippen LogP contribution in [0.25, 0.3) is 0 Å². The van der Waals surface area contributed by atoms with Gasteiger partial charge in [0.1, 0.15) is 24.7 Å².